The summed E-state index contributed by atoms with van der Waals surface area (Å²) in [5.74, 6) is -0.958. The van der Waals surface area contributed by atoms with Crippen molar-refractivity contribution in [1.29, 1.82) is 0 Å². The fourth-order valence-electron chi connectivity index (χ4n) is 0.569. The molecule has 0 aromatic heterocycles. The fourth-order valence-corrected chi connectivity index (χ4v) is 0.569. The Balaban J connectivity index is 2.56. The summed E-state index contributed by atoms with van der Waals surface area (Å²) < 4.78 is 4.78. The van der Waals surface area contributed by atoms with Gasteiger partial charge in [0.2, 0.25) is 0 Å². The number of ether oxygens (including phenoxy) is 1. The summed E-state index contributed by atoms with van der Waals surface area (Å²) in [4.78, 5) is 14.0. The van der Waals surface area contributed by atoms with Crippen LogP contribution in [0.2, 0.25) is 0 Å². The first-order valence-corrected chi connectivity index (χ1v) is 2.83. The molecule has 1 rings (SSSR count). The van der Waals surface area contributed by atoms with E-state index in [1.807, 2.05) is 0 Å². The lowest BCUT2D eigenvalue weighted by molar-refractivity contribution is -0.139. The van der Waals surface area contributed by atoms with E-state index in [0.717, 1.165) is 0 Å². The van der Waals surface area contributed by atoms with Crippen LogP contribution in [0.4, 0.5) is 0 Å². The molecule has 1 aliphatic heterocycles. The molecule has 0 bridgehead atoms. The smallest absolute Gasteiger partial charge is 0.332 e. The largest absolute Gasteiger partial charge is 0.498 e. The van der Waals surface area contributed by atoms with Gasteiger partial charge in [0.25, 0.3) is 0 Å². The average molecular weight is 141 g/mol. The van der Waals surface area contributed by atoms with Gasteiger partial charge in [-0.3, -0.25) is 4.99 Å². The summed E-state index contributed by atoms with van der Waals surface area (Å²) >= 11 is 0. The van der Waals surface area contributed by atoms with Crippen LogP contribution in [0.5, 0.6) is 0 Å². The molecule has 1 aliphatic rings. The third-order valence-corrected chi connectivity index (χ3v) is 1.07. The number of nitrogens with zero attached hydrogens (tertiary/aromatic N) is 1. The number of rotatable bonds is 1. The minimum Gasteiger partial charge on any atom is -0.498 e. The standard InChI is InChI=1S/C6H7NO3/c8-6(9)5-4-10-3-1-2-7-5/h1-3,5H,4H2,(H,8,9). The van der Waals surface area contributed by atoms with Gasteiger partial charge in [0.1, 0.15) is 6.61 Å². The molecule has 0 saturated carbocycles. The van der Waals surface area contributed by atoms with Crippen molar-refractivity contribution >= 4 is 12.2 Å². The number of aliphatic carboxylic acids is 1. The molecule has 0 saturated heterocycles. The Morgan fingerprint density at radius 2 is 2.60 bits per heavy atom. The van der Waals surface area contributed by atoms with E-state index in [-0.39, 0.29) is 6.61 Å². The molecule has 1 atom stereocenters. The third kappa shape index (κ3) is 1.58. The van der Waals surface area contributed by atoms with E-state index in [1.54, 1.807) is 6.08 Å². The second-order valence-electron chi connectivity index (χ2n) is 1.81. The van der Waals surface area contributed by atoms with Crippen LogP contribution in [0.15, 0.2) is 17.3 Å². The second-order valence-corrected chi connectivity index (χ2v) is 1.81. The predicted molar refractivity (Wildman–Crippen MR) is 35.0 cm³/mol. The Bertz CT molecular complexity index is 185. The molecule has 0 aromatic rings. The highest BCUT2D eigenvalue weighted by atomic mass is 16.5. The maximum absolute atomic E-state index is 10.3. The van der Waals surface area contributed by atoms with Crippen molar-refractivity contribution in [1.82, 2.24) is 0 Å². The van der Waals surface area contributed by atoms with E-state index in [4.69, 9.17) is 9.84 Å². The van der Waals surface area contributed by atoms with Gasteiger partial charge in [-0.2, -0.15) is 0 Å². The number of carboxylic acid groups (broad SMARTS) is 1. The van der Waals surface area contributed by atoms with E-state index >= 15 is 0 Å². The number of carboxylic acids is 1. The normalized spacial score (nSPS) is 23.4. The quantitative estimate of drug-likeness (QED) is 0.561. The lowest BCUT2D eigenvalue weighted by Gasteiger charge is -2.02. The van der Waals surface area contributed by atoms with Gasteiger partial charge in [-0.15, -0.1) is 0 Å². The van der Waals surface area contributed by atoms with Crippen molar-refractivity contribution in [2.45, 2.75) is 6.04 Å². The summed E-state index contributed by atoms with van der Waals surface area (Å²) in [7, 11) is 0. The van der Waals surface area contributed by atoms with E-state index in [1.165, 1.54) is 12.5 Å². The number of aliphatic imine (C=N–C) groups is 1. The lowest BCUT2D eigenvalue weighted by Crippen LogP contribution is -2.22. The Morgan fingerprint density at radius 3 is 3.30 bits per heavy atom. The van der Waals surface area contributed by atoms with Crippen LogP contribution in [-0.2, 0) is 9.53 Å². The van der Waals surface area contributed by atoms with Crippen molar-refractivity contribution < 1.29 is 14.6 Å². The summed E-state index contributed by atoms with van der Waals surface area (Å²) in [5.41, 5.74) is 0. The molecule has 0 spiro atoms. The molecule has 1 unspecified atom stereocenters. The molecule has 54 valence electrons. The summed E-state index contributed by atoms with van der Waals surface area (Å²) in [5, 5.41) is 8.44. The van der Waals surface area contributed by atoms with E-state index in [2.05, 4.69) is 4.99 Å². The highest BCUT2D eigenvalue weighted by Crippen LogP contribution is 1.96. The summed E-state index contributed by atoms with van der Waals surface area (Å²) in [6.07, 6.45) is 4.40. The minimum atomic E-state index is -0.958. The predicted octanol–water partition coefficient (Wildman–Crippen LogP) is 0.0543. The van der Waals surface area contributed by atoms with E-state index in [9.17, 15) is 4.79 Å². The maximum atomic E-state index is 10.3. The molecule has 0 aromatic carbocycles. The molecule has 0 amide bonds. The van der Waals surface area contributed by atoms with Crippen molar-refractivity contribution in [3.8, 4) is 0 Å². The van der Waals surface area contributed by atoms with Crippen LogP contribution in [0, 0.1) is 0 Å². The Kier molecular flexibility index (Phi) is 2.04. The Labute approximate surface area is 57.8 Å². The van der Waals surface area contributed by atoms with Crippen LogP contribution >= 0.6 is 0 Å². The van der Waals surface area contributed by atoms with Gasteiger partial charge in [0.05, 0.1) is 6.26 Å². The van der Waals surface area contributed by atoms with Gasteiger partial charge in [0.15, 0.2) is 6.04 Å². The van der Waals surface area contributed by atoms with Gasteiger partial charge in [-0.05, 0) is 6.08 Å². The molecule has 1 N–H and O–H groups in total. The molecule has 0 fully saturated rings. The zero-order valence-electron chi connectivity index (χ0n) is 5.23. The maximum Gasteiger partial charge on any atom is 0.332 e. The SMILES string of the molecule is O=C(O)C1COC=CC=N1. The van der Waals surface area contributed by atoms with E-state index < -0.39 is 12.0 Å². The number of carbonyl (C=O) groups is 1. The Hall–Kier alpha value is -1.32. The Morgan fingerprint density at radius 1 is 1.80 bits per heavy atom. The molecule has 0 aliphatic carbocycles. The zero-order valence-corrected chi connectivity index (χ0v) is 5.23. The number of allylic oxidation sites excluding steroid dienone is 1. The first-order chi connectivity index (χ1) is 4.80. The topological polar surface area (TPSA) is 58.9 Å². The highest BCUT2D eigenvalue weighted by molar-refractivity contribution is 5.79. The lowest BCUT2D eigenvalue weighted by atomic mass is 10.3. The van der Waals surface area contributed by atoms with Crippen LogP contribution < -0.4 is 0 Å². The molecular formula is C6H7NO3. The van der Waals surface area contributed by atoms with Gasteiger partial charge in [-0.25, -0.2) is 4.79 Å². The molecule has 4 nitrogen and oxygen atoms in total. The molecular weight excluding hydrogens is 134 g/mol. The first kappa shape index (κ1) is 6.80. The summed E-state index contributed by atoms with van der Waals surface area (Å²) in [6.45, 7) is 0.113. The highest BCUT2D eigenvalue weighted by Gasteiger charge is 2.15. The van der Waals surface area contributed by atoms with Gasteiger partial charge in [0, 0.05) is 6.21 Å². The van der Waals surface area contributed by atoms with Crippen molar-refractivity contribution in [3.63, 3.8) is 0 Å². The van der Waals surface area contributed by atoms with Crippen LogP contribution in [0.25, 0.3) is 0 Å². The van der Waals surface area contributed by atoms with Crippen molar-refractivity contribution in [3.05, 3.63) is 12.3 Å². The van der Waals surface area contributed by atoms with E-state index in [0.29, 0.717) is 0 Å². The van der Waals surface area contributed by atoms with Gasteiger partial charge >= 0.3 is 5.97 Å². The molecule has 1 heterocycles. The molecule has 10 heavy (non-hydrogen) atoms. The van der Waals surface area contributed by atoms with Crippen molar-refractivity contribution in [2.75, 3.05) is 6.61 Å². The minimum absolute atomic E-state index is 0.113. The molecule has 4 heteroatoms. The summed E-state index contributed by atoms with van der Waals surface area (Å²) in [6, 6.07) is -0.755. The molecule has 0 radical (unpaired) electrons. The third-order valence-electron chi connectivity index (χ3n) is 1.07. The van der Waals surface area contributed by atoms with Crippen LogP contribution in [0.3, 0.4) is 0 Å². The first-order valence-electron chi connectivity index (χ1n) is 2.83. The number of hydrogen-bond donors (Lipinski definition) is 1. The number of hydrogen-bond acceptors (Lipinski definition) is 3. The average Bonchev–Trinajstić information content (AvgIpc) is 2.12. The zero-order chi connectivity index (χ0) is 7.40. The fraction of sp³-hybridized carbons (Fsp3) is 0.333. The van der Waals surface area contributed by atoms with Crippen molar-refractivity contribution in [2.24, 2.45) is 4.99 Å². The van der Waals surface area contributed by atoms with Crippen LogP contribution in [0.1, 0.15) is 0 Å². The van der Waals surface area contributed by atoms with Crippen LogP contribution in [-0.4, -0.2) is 29.9 Å². The van der Waals surface area contributed by atoms with Gasteiger partial charge < -0.3 is 9.84 Å². The second kappa shape index (κ2) is 3.00. The monoisotopic (exact) mass is 141 g/mol. The van der Waals surface area contributed by atoms with Gasteiger partial charge in [-0.1, -0.05) is 0 Å².